The van der Waals surface area contributed by atoms with Gasteiger partial charge < -0.3 is 10.5 Å². The second kappa shape index (κ2) is 5.08. The van der Waals surface area contributed by atoms with Crippen molar-refractivity contribution in [2.45, 2.75) is 19.1 Å². The molecular weight excluding hydrogens is 261 g/mol. The average molecular weight is 274 g/mol. The molecule has 0 radical (unpaired) electrons. The van der Waals surface area contributed by atoms with Gasteiger partial charge in [-0.15, -0.1) is 0 Å². The van der Waals surface area contributed by atoms with Crippen molar-refractivity contribution in [2.75, 3.05) is 18.1 Å². The first-order valence-corrected chi connectivity index (χ1v) is 5.78. The Kier molecular flexibility index (Phi) is 3.66. The van der Waals surface area contributed by atoms with E-state index in [0.29, 0.717) is 12.0 Å². The zero-order valence-corrected chi connectivity index (χ0v) is 10.0. The van der Waals surface area contributed by atoms with Crippen molar-refractivity contribution in [1.82, 2.24) is 0 Å². The smallest absolute Gasteiger partial charge is 0.418 e. The van der Waals surface area contributed by atoms with Crippen molar-refractivity contribution in [3.63, 3.8) is 0 Å². The summed E-state index contributed by atoms with van der Waals surface area (Å²) < 4.78 is 43.8. The molecule has 1 fully saturated rings. The summed E-state index contributed by atoms with van der Waals surface area (Å²) in [5.74, 6) is 0. The van der Waals surface area contributed by atoms with Gasteiger partial charge in [0, 0.05) is 13.1 Å². The minimum Gasteiger partial charge on any atom is -0.449 e. The Hall–Kier alpha value is -1.76. The second-order valence-electron chi connectivity index (χ2n) is 4.17. The topological polar surface area (TPSA) is 55.6 Å². The van der Waals surface area contributed by atoms with Gasteiger partial charge in [-0.25, -0.2) is 4.79 Å². The number of benzene rings is 1. The fraction of sp³-hybridized carbons (Fsp3) is 0.417. The van der Waals surface area contributed by atoms with E-state index in [9.17, 15) is 18.0 Å². The first-order chi connectivity index (χ1) is 8.93. The maximum absolute atomic E-state index is 13.0. The summed E-state index contributed by atoms with van der Waals surface area (Å²) in [4.78, 5) is 12.5. The number of amides is 1. The van der Waals surface area contributed by atoms with Gasteiger partial charge in [-0.05, 0) is 24.1 Å². The SMILES string of the molecule is NCc1ccc(N2CCCOC2=O)c(C(F)(F)F)c1. The molecule has 1 aromatic rings. The van der Waals surface area contributed by atoms with E-state index in [1.165, 1.54) is 12.1 Å². The molecule has 1 amide bonds. The van der Waals surface area contributed by atoms with Crippen LogP contribution in [0.15, 0.2) is 18.2 Å². The highest BCUT2D eigenvalue weighted by molar-refractivity contribution is 5.89. The van der Waals surface area contributed by atoms with Gasteiger partial charge in [-0.2, -0.15) is 13.2 Å². The molecule has 2 N–H and O–H groups in total. The number of rotatable bonds is 2. The number of halogens is 3. The fourth-order valence-corrected chi connectivity index (χ4v) is 1.94. The third kappa shape index (κ3) is 2.81. The molecule has 0 atom stereocenters. The number of nitrogens with two attached hydrogens (primary N) is 1. The molecule has 0 aliphatic carbocycles. The first-order valence-electron chi connectivity index (χ1n) is 5.78. The number of nitrogens with zero attached hydrogens (tertiary/aromatic N) is 1. The molecule has 0 saturated carbocycles. The Morgan fingerprint density at radius 3 is 2.68 bits per heavy atom. The molecule has 0 bridgehead atoms. The third-order valence-corrected chi connectivity index (χ3v) is 2.86. The zero-order chi connectivity index (χ0) is 14.0. The first kappa shape index (κ1) is 13.7. The van der Waals surface area contributed by atoms with E-state index in [2.05, 4.69) is 0 Å². The maximum Gasteiger partial charge on any atom is 0.418 e. The molecule has 1 aliphatic heterocycles. The summed E-state index contributed by atoms with van der Waals surface area (Å²) in [5.41, 5.74) is 4.66. The minimum atomic E-state index is -4.54. The van der Waals surface area contributed by atoms with Gasteiger partial charge in [0.15, 0.2) is 0 Å². The summed E-state index contributed by atoms with van der Waals surface area (Å²) in [7, 11) is 0. The molecule has 2 rings (SSSR count). The van der Waals surface area contributed by atoms with Gasteiger partial charge in [-0.1, -0.05) is 6.07 Å². The van der Waals surface area contributed by atoms with E-state index in [4.69, 9.17) is 10.5 Å². The lowest BCUT2D eigenvalue weighted by Crippen LogP contribution is -2.38. The molecule has 104 valence electrons. The van der Waals surface area contributed by atoms with Crippen molar-refractivity contribution in [1.29, 1.82) is 0 Å². The van der Waals surface area contributed by atoms with Crippen LogP contribution in [0.2, 0.25) is 0 Å². The number of hydrogen-bond acceptors (Lipinski definition) is 3. The van der Waals surface area contributed by atoms with E-state index in [0.717, 1.165) is 11.0 Å². The van der Waals surface area contributed by atoms with Gasteiger partial charge in [0.2, 0.25) is 0 Å². The van der Waals surface area contributed by atoms with E-state index in [-0.39, 0.29) is 25.4 Å². The van der Waals surface area contributed by atoms with Crippen LogP contribution in [0.1, 0.15) is 17.5 Å². The Morgan fingerprint density at radius 2 is 2.11 bits per heavy atom. The van der Waals surface area contributed by atoms with Crippen LogP contribution in [0.25, 0.3) is 0 Å². The highest BCUT2D eigenvalue weighted by atomic mass is 19.4. The highest BCUT2D eigenvalue weighted by Crippen LogP contribution is 2.38. The Morgan fingerprint density at radius 1 is 1.37 bits per heavy atom. The number of cyclic esters (lactones) is 1. The number of hydrogen-bond donors (Lipinski definition) is 1. The second-order valence-corrected chi connectivity index (χ2v) is 4.17. The van der Waals surface area contributed by atoms with Crippen LogP contribution in [0, 0.1) is 0 Å². The number of carbonyl (C=O) groups is 1. The normalized spacial score (nSPS) is 16.4. The van der Waals surface area contributed by atoms with E-state index in [1.807, 2.05) is 0 Å². The average Bonchev–Trinajstić information content (AvgIpc) is 2.38. The van der Waals surface area contributed by atoms with E-state index >= 15 is 0 Å². The lowest BCUT2D eigenvalue weighted by molar-refractivity contribution is -0.137. The Labute approximate surface area is 107 Å². The minimum absolute atomic E-state index is 0.00774. The number of ether oxygens (including phenoxy) is 1. The fourth-order valence-electron chi connectivity index (χ4n) is 1.94. The summed E-state index contributed by atoms with van der Waals surface area (Å²) in [5, 5.41) is 0. The maximum atomic E-state index is 13.0. The number of carbonyl (C=O) groups excluding carboxylic acids is 1. The molecule has 19 heavy (non-hydrogen) atoms. The molecule has 1 aromatic carbocycles. The zero-order valence-electron chi connectivity index (χ0n) is 10.0. The molecule has 0 unspecified atom stereocenters. The predicted molar refractivity (Wildman–Crippen MR) is 62.6 cm³/mol. The van der Waals surface area contributed by atoms with Crippen LogP contribution >= 0.6 is 0 Å². The molecule has 4 nitrogen and oxygen atoms in total. The summed E-state index contributed by atoms with van der Waals surface area (Å²) in [6.45, 7) is 0.454. The van der Waals surface area contributed by atoms with Gasteiger partial charge in [0.1, 0.15) is 0 Å². The monoisotopic (exact) mass is 274 g/mol. The van der Waals surface area contributed by atoms with Crippen LogP contribution in [0.4, 0.5) is 23.7 Å². The van der Waals surface area contributed by atoms with Gasteiger partial charge in [-0.3, -0.25) is 4.90 Å². The molecule has 1 aliphatic rings. The van der Waals surface area contributed by atoms with Crippen LogP contribution in [0.5, 0.6) is 0 Å². The third-order valence-electron chi connectivity index (χ3n) is 2.86. The standard InChI is InChI=1S/C12H13F3N2O2/c13-12(14,15)9-6-8(7-16)2-3-10(9)17-4-1-5-19-11(17)18/h2-3,6H,1,4-5,7,16H2. The van der Waals surface area contributed by atoms with Gasteiger partial charge in [0.05, 0.1) is 17.9 Å². The molecule has 1 heterocycles. The molecule has 0 aromatic heterocycles. The Bertz CT molecular complexity index is 488. The molecular formula is C12H13F3N2O2. The summed E-state index contributed by atoms with van der Waals surface area (Å²) in [6, 6.07) is 3.71. The van der Waals surface area contributed by atoms with E-state index < -0.39 is 17.8 Å². The lowest BCUT2D eigenvalue weighted by atomic mass is 10.1. The van der Waals surface area contributed by atoms with Crippen molar-refractivity contribution < 1.29 is 22.7 Å². The number of anilines is 1. The van der Waals surface area contributed by atoms with Crippen molar-refractivity contribution in [3.05, 3.63) is 29.3 Å². The molecule has 7 heteroatoms. The van der Waals surface area contributed by atoms with Crippen molar-refractivity contribution in [3.8, 4) is 0 Å². The molecule has 0 spiro atoms. The van der Waals surface area contributed by atoms with Crippen LogP contribution in [-0.2, 0) is 17.5 Å². The largest absolute Gasteiger partial charge is 0.449 e. The van der Waals surface area contributed by atoms with Crippen molar-refractivity contribution >= 4 is 11.8 Å². The van der Waals surface area contributed by atoms with Crippen LogP contribution in [0.3, 0.4) is 0 Å². The van der Waals surface area contributed by atoms with Crippen LogP contribution < -0.4 is 10.6 Å². The van der Waals surface area contributed by atoms with Crippen LogP contribution in [-0.4, -0.2) is 19.2 Å². The summed E-state index contributed by atoms with van der Waals surface area (Å²) in [6.07, 6.45) is -4.79. The van der Waals surface area contributed by atoms with Crippen molar-refractivity contribution in [2.24, 2.45) is 5.73 Å². The number of alkyl halides is 3. The predicted octanol–water partition coefficient (Wildman–Crippen LogP) is 2.51. The lowest BCUT2D eigenvalue weighted by Gasteiger charge is -2.28. The van der Waals surface area contributed by atoms with Gasteiger partial charge >= 0.3 is 12.3 Å². The Balaban J connectivity index is 2.46. The molecule has 1 saturated heterocycles. The van der Waals surface area contributed by atoms with Gasteiger partial charge in [0.25, 0.3) is 0 Å². The summed E-state index contributed by atoms with van der Waals surface area (Å²) >= 11 is 0. The van der Waals surface area contributed by atoms with E-state index in [1.54, 1.807) is 0 Å². The highest BCUT2D eigenvalue weighted by Gasteiger charge is 2.37. The quantitative estimate of drug-likeness (QED) is 0.901.